The molecule has 1 atom stereocenters. The Labute approximate surface area is 171 Å². The van der Waals surface area contributed by atoms with Gasteiger partial charge in [0.15, 0.2) is 0 Å². The van der Waals surface area contributed by atoms with Gasteiger partial charge in [-0.15, -0.1) is 0 Å². The van der Waals surface area contributed by atoms with Gasteiger partial charge in [-0.3, -0.25) is 0 Å². The lowest BCUT2D eigenvalue weighted by Gasteiger charge is -2.33. The number of nitrogens with zero attached hydrogens (tertiary/aromatic N) is 2. The fourth-order valence-electron chi connectivity index (χ4n) is 4.16. The third-order valence-corrected chi connectivity index (χ3v) is 6.17. The Kier molecular flexibility index (Phi) is 5.47. The van der Waals surface area contributed by atoms with Gasteiger partial charge in [0.25, 0.3) is 0 Å². The molecule has 154 valence electrons. The van der Waals surface area contributed by atoms with Crippen LogP contribution in [0.15, 0.2) is 48.5 Å². The van der Waals surface area contributed by atoms with Crippen LogP contribution in [0.1, 0.15) is 18.4 Å². The van der Waals surface area contributed by atoms with E-state index < -0.39 is 10.0 Å². The molecule has 2 aliphatic rings. The number of anilines is 3. The fourth-order valence-corrected chi connectivity index (χ4v) is 4.96. The van der Waals surface area contributed by atoms with Crippen molar-refractivity contribution >= 4 is 33.1 Å². The number of urea groups is 1. The topological polar surface area (TPSA) is 81.8 Å². The zero-order valence-corrected chi connectivity index (χ0v) is 17.3. The zero-order valence-electron chi connectivity index (χ0n) is 16.5. The molecule has 29 heavy (non-hydrogen) atoms. The SMILES string of the molecule is CS(=O)(=O)N[C@@H]1CCCN(C(=O)Nc2ccccc2N2CCc3ccccc32)C1. The van der Waals surface area contributed by atoms with Gasteiger partial charge in [0.1, 0.15) is 0 Å². The number of carbonyl (C=O) groups excluding carboxylic acids is 1. The largest absolute Gasteiger partial charge is 0.339 e. The first kappa shape index (κ1) is 19.7. The van der Waals surface area contributed by atoms with Crippen molar-refractivity contribution < 1.29 is 13.2 Å². The first-order valence-electron chi connectivity index (χ1n) is 9.88. The fraction of sp³-hybridized carbons (Fsp3) is 0.381. The Balaban J connectivity index is 1.50. The van der Waals surface area contributed by atoms with Gasteiger partial charge in [-0.05, 0) is 43.0 Å². The molecule has 7 nitrogen and oxygen atoms in total. The van der Waals surface area contributed by atoms with Crippen molar-refractivity contribution in [3.8, 4) is 0 Å². The number of sulfonamides is 1. The van der Waals surface area contributed by atoms with Gasteiger partial charge in [0.2, 0.25) is 10.0 Å². The summed E-state index contributed by atoms with van der Waals surface area (Å²) in [5.41, 5.74) is 4.20. The van der Waals surface area contributed by atoms with Crippen molar-refractivity contribution in [3.05, 3.63) is 54.1 Å². The third-order valence-electron chi connectivity index (χ3n) is 5.41. The number of para-hydroxylation sites is 3. The van der Waals surface area contributed by atoms with Crippen LogP contribution in [0.5, 0.6) is 0 Å². The molecule has 0 bridgehead atoms. The van der Waals surface area contributed by atoms with Crippen LogP contribution in [0, 0.1) is 0 Å². The monoisotopic (exact) mass is 414 g/mol. The molecule has 1 saturated heterocycles. The predicted molar refractivity (Wildman–Crippen MR) is 115 cm³/mol. The molecule has 0 aromatic heterocycles. The summed E-state index contributed by atoms with van der Waals surface area (Å²) in [4.78, 5) is 16.8. The number of nitrogens with one attached hydrogen (secondary N) is 2. The Morgan fingerprint density at radius 2 is 1.76 bits per heavy atom. The smallest absolute Gasteiger partial charge is 0.321 e. The van der Waals surface area contributed by atoms with Gasteiger partial charge >= 0.3 is 6.03 Å². The minimum atomic E-state index is -3.29. The summed E-state index contributed by atoms with van der Waals surface area (Å²) in [6.45, 7) is 1.85. The molecule has 1 fully saturated rings. The number of rotatable bonds is 4. The number of likely N-dealkylation sites (tertiary alicyclic amines) is 1. The maximum Gasteiger partial charge on any atom is 0.321 e. The molecule has 0 radical (unpaired) electrons. The van der Waals surface area contributed by atoms with E-state index in [4.69, 9.17) is 0 Å². The number of hydrogen-bond donors (Lipinski definition) is 2. The summed E-state index contributed by atoms with van der Waals surface area (Å²) in [5.74, 6) is 0. The number of hydrogen-bond acceptors (Lipinski definition) is 4. The van der Waals surface area contributed by atoms with Gasteiger partial charge in [0.05, 0.1) is 17.6 Å². The molecule has 2 aliphatic heterocycles. The maximum absolute atomic E-state index is 12.9. The molecule has 0 spiro atoms. The molecule has 2 N–H and O–H groups in total. The van der Waals surface area contributed by atoms with Crippen LogP contribution < -0.4 is 14.9 Å². The van der Waals surface area contributed by atoms with E-state index in [1.165, 1.54) is 11.3 Å². The summed E-state index contributed by atoms with van der Waals surface area (Å²) < 4.78 is 25.7. The van der Waals surface area contributed by atoms with Crippen molar-refractivity contribution in [2.75, 3.05) is 36.1 Å². The molecule has 2 aromatic rings. The Hall–Kier alpha value is -2.58. The first-order chi connectivity index (χ1) is 13.9. The molecule has 2 amide bonds. The average Bonchev–Trinajstić information content (AvgIpc) is 3.11. The minimum Gasteiger partial charge on any atom is -0.339 e. The third kappa shape index (κ3) is 4.54. The lowest BCUT2D eigenvalue weighted by atomic mass is 10.1. The minimum absolute atomic E-state index is 0.204. The second kappa shape index (κ2) is 8.04. The van der Waals surface area contributed by atoms with E-state index in [1.807, 2.05) is 36.4 Å². The van der Waals surface area contributed by atoms with Crippen LogP contribution in [-0.4, -0.2) is 51.3 Å². The van der Waals surface area contributed by atoms with Gasteiger partial charge in [-0.25, -0.2) is 17.9 Å². The second-order valence-corrected chi connectivity index (χ2v) is 9.43. The number of amides is 2. The van der Waals surface area contributed by atoms with Crippen LogP contribution in [0.3, 0.4) is 0 Å². The van der Waals surface area contributed by atoms with Crippen LogP contribution in [-0.2, 0) is 16.4 Å². The van der Waals surface area contributed by atoms with Gasteiger partial charge in [-0.2, -0.15) is 0 Å². The van der Waals surface area contributed by atoms with Crippen molar-refractivity contribution in [1.29, 1.82) is 0 Å². The van der Waals surface area contributed by atoms with E-state index in [2.05, 4.69) is 27.1 Å². The molecular formula is C21H26N4O3S. The standard InChI is InChI=1S/C21H26N4O3S/c1-29(27,28)23-17-8-6-13-24(15-17)21(26)22-18-9-3-5-11-20(18)25-14-12-16-7-2-4-10-19(16)25/h2-5,7,9-11,17,23H,6,8,12-15H2,1H3,(H,22,26)/t17-/m1/s1. The number of carbonyl (C=O) groups is 1. The Morgan fingerprint density at radius 1 is 1.03 bits per heavy atom. The van der Waals surface area contributed by atoms with E-state index in [1.54, 1.807) is 4.90 Å². The molecule has 4 rings (SSSR count). The normalized spacial score (nSPS) is 19.1. The molecule has 8 heteroatoms. The van der Waals surface area contributed by atoms with E-state index >= 15 is 0 Å². The molecule has 2 aromatic carbocycles. The highest BCUT2D eigenvalue weighted by Crippen LogP contribution is 2.38. The second-order valence-electron chi connectivity index (χ2n) is 7.65. The molecule has 0 unspecified atom stereocenters. The number of fused-ring (bicyclic) bond motifs is 1. The summed E-state index contributed by atoms with van der Waals surface area (Å²) in [5, 5.41) is 3.04. The van der Waals surface area contributed by atoms with E-state index in [0.29, 0.717) is 13.1 Å². The van der Waals surface area contributed by atoms with Crippen LogP contribution in [0.25, 0.3) is 0 Å². The van der Waals surface area contributed by atoms with Crippen LogP contribution >= 0.6 is 0 Å². The summed E-state index contributed by atoms with van der Waals surface area (Å²) in [7, 11) is -3.29. The maximum atomic E-state index is 12.9. The summed E-state index contributed by atoms with van der Waals surface area (Å²) in [6, 6.07) is 15.7. The highest BCUT2D eigenvalue weighted by Gasteiger charge is 2.27. The Morgan fingerprint density at radius 3 is 2.55 bits per heavy atom. The van der Waals surface area contributed by atoms with Crippen molar-refractivity contribution in [2.24, 2.45) is 0 Å². The number of piperidine rings is 1. The highest BCUT2D eigenvalue weighted by molar-refractivity contribution is 7.88. The Bertz CT molecular complexity index is 1010. The van der Waals surface area contributed by atoms with E-state index in [9.17, 15) is 13.2 Å². The van der Waals surface area contributed by atoms with Crippen molar-refractivity contribution in [1.82, 2.24) is 9.62 Å². The molecule has 0 saturated carbocycles. The summed E-state index contributed by atoms with van der Waals surface area (Å²) >= 11 is 0. The molecular weight excluding hydrogens is 388 g/mol. The first-order valence-corrected chi connectivity index (χ1v) is 11.8. The number of benzene rings is 2. The van der Waals surface area contributed by atoms with Crippen molar-refractivity contribution in [3.63, 3.8) is 0 Å². The molecule has 0 aliphatic carbocycles. The lowest BCUT2D eigenvalue weighted by molar-refractivity contribution is 0.190. The average molecular weight is 415 g/mol. The van der Waals surface area contributed by atoms with Crippen LogP contribution in [0.4, 0.5) is 21.9 Å². The predicted octanol–water partition coefficient (Wildman–Crippen LogP) is 2.93. The van der Waals surface area contributed by atoms with Gasteiger partial charge in [0, 0.05) is 31.4 Å². The van der Waals surface area contributed by atoms with Gasteiger partial charge < -0.3 is 15.1 Å². The van der Waals surface area contributed by atoms with E-state index in [0.717, 1.165) is 43.4 Å². The highest BCUT2D eigenvalue weighted by atomic mass is 32.2. The van der Waals surface area contributed by atoms with E-state index in [-0.39, 0.29) is 12.1 Å². The lowest BCUT2D eigenvalue weighted by Crippen LogP contribution is -2.50. The quantitative estimate of drug-likeness (QED) is 0.806. The van der Waals surface area contributed by atoms with Crippen molar-refractivity contribution in [2.45, 2.75) is 25.3 Å². The van der Waals surface area contributed by atoms with Crippen LogP contribution in [0.2, 0.25) is 0 Å². The zero-order chi connectivity index (χ0) is 20.4. The summed E-state index contributed by atoms with van der Waals surface area (Å²) in [6.07, 6.45) is 3.62. The van der Waals surface area contributed by atoms with Gasteiger partial charge in [-0.1, -0.05) is 30.3 Å². The molecule has 2 heterocycles.